The van der Waals surface area contributed by atoms with Crippen LogP contribution in [0.1, 0.15) is 30.0 Å². The lowest BCUT2D eigenvalue weighted by atomic mass is 9.85. The van der Waals surface area contributed by atoms with Crippen molar-refractivity contribution in [3.8, 4) is 11.3 Å². The molecule has 5 rings (SSSR count). The Bertz CT molecular complexity index is 936. The van der Waals surface area contributed by atoms with E-state index in [1.54, 1.807) is 12.1 Å². The summed E-state index contributed by atoms with van der Waals surface area (Å²) in [6, 6.07) is 14.2. The van der Waals surface area contributed by atoms with Gasteiger partial charge in [0.05, 0.1) is 24.3 Å². The molecule has 1 atom stereocenters. The molecule has 1 fully saturated rings. The monoisotopic (exact) mass is 347 g/mol. The molecule has 0 aliphatic carbocycles. The molecular formula is C22H22FN3. The molecule has 132 valence electrons. The van der Waals surface area contributed by atoms with E-state index < -0.39 is 0 Å². The van der Waals surface area contributed by atoms with Crippen molar-refractivity contribution < 1.29 is 4.39 Å². The van der Waals surface area contributed by atoms with Crippen LogP contribution in [0.15, 0.2) is 55.0 Å². The van der Waals surface area contributed by atoms with E-state index in [0.717, 1.165) is 42.8 Å². The fourth-order valence-electron chi connectivity index (χ4n) is 4.63. The summed E-state index contributed by atoms with van der Waals surface area (Å²) >= 11 is 0. The molecule has 0 radical (unpaired) electrons. The number of aromatic nitrogens is 2. The molecule has 26 heavy (non-hydrogen) atoms. The number of piperidine rings is 1. The van der Waals surface area contributed by atoms with Gasteiger partial charge in [-0.3, -0.25) is 0 Å². The summed E-state index contributed by atoms with van der Waals surface area (Å²) in [7, 11) is 0. The van der Waals surface area contributed by atoms with E-state index in [0.29, 0.717) is 5.92 Å². The number of halogens is 1. The molecule has 3 heterocycles. The minimum Gasteiger partial charge on any atom is -0.372 e. The number of benzene rings is 2. The second-order valence-corrected chi connectivity index (χ2v) is 7.49. The van der Waals surface area contributed by atoms with Crippen LogP contribution in [0.3, 0.4) is 0 Å². The van der Waals surface area contributed by atoms with Gasteiger partial charge in [-0.15, -0.1) is 0 Å². The van der Waals surface area contributed by atoms with E-state index in [1.807, 2.05) is 18.6 Å². The van der Waals surface area contributed by atoms with Crippen LogP contribution < -0.4 is 4.90 Å². The molecule has 0 bridgehead atoms. The lowest BCUT2D eigenvalue weighted by Gasteiger charge is -2.37. The summed E-state index contributed by atoms with van der Waals surface area (Å²) in [6.45, 7) is 4.14. The first kappa shape index (κ1) is 15.6. The van der Waals surface area contributed by atoms with Crippen molar-refractivity contribution in [3.63, 3.8) is 0 Å². The van der Waals surface area contributed by atoms with Crippen LogP contribution in [-0.4, -0.2) is 22.6 Å². The number of hydrogen-bond acceptors (Lipinski definition) is 2. The van der Waals surface area contributed by atoms with E-state index in [-0.39, 0.29) is 11.9 Å². The van der Waals surface area contributed by atoms with Crippen LogP contribution in [-0.2, 0) is 0 Å². The molecule has 2 aliphatic rings. The Hall–Kier alpha value is -2.62. The molecule has 4 heteroatoms. The summed E-state index contributed by atoms with van der Waals surface area (Å²) in [5.41, 5.74) is 5.49. The van der Waals surface area contributed by atoms with Crippen LogP contribution in [0.25, 0.3) is 11.3 Å². The molecule has 2 aliphatic heterocycles. The second kappa shape index (κ2) is 5.97. The van der Waals surface area contributed by atoms with E-state index in [1.165, 1.54) is 11.3 Å². The zero-order chi connectivity index (χ0) is 17.7. The summed E-state index contributed by atoms with van der Waals surface area (Å²) in [5, 5.41) is 0. The van der Waals surface area contributed by atoms with E-state index in [4.69, 9.17) is 0 Å². The number of fused-ring (bicyclic) bond motifs is 3. The fourth-order valence-corrected chi connectivity index (χ4v) is 4.63. The van der Waals surface area contributed by atoms with Crippen LogP contribution in [0.2, 0.25) is 0 Å². The first-order chi connectivity index (χ1) is 12.7. The Morgan fingerprint density at radius 1 is 1.04 bits per heavy atom. The number of aryl methyl sites for hydroxylation is 1. The van der Waals surface area contributed by atoms with E-state index in [2.05, 4.69) is 45.6 Å². The average Bonchev–Trinajstić information content (AvgIpc) is 3.24. The SMILES string of the molecule is Cc1ccc(N2CCC(C3c4c(F)cccc4-c4cncn43)CC2)cc1. The molecular weight excluding hydrogens is 325 g/mol. The Morgan fingerprint density at radius 3 is 2.58 bits per heavy atom. The quantitative estimate of drug-likeness (QED) is 0.663. The first-order valence-electron chi connectivity index (χ1n) is 9.34. The zero-order valence-corrected chi connectivity index (χ0v) is 14.9. The van der Waals surface area contributed by atoms with Gasteiger partial charge in [0.1, 0.15) is 5.82 Å². The minimum absolute atomic E-state index is 0.0730. The number of anilines is 1. The first-order valence-corrected chi connectivity index (χ1v) is 9.34. The van der Waals surface area contributed by atoms with Crippen LogP contribution in [0.4, 0.5) is 10.1 Å². The van der Waals surface area contributed by atoms with Crippen LogP contribution in [0.5, 0.6) is 0 Å². The number of hydrogen-bond donors (Lipinski definition) is 0. The summed E-state index contributed by atoms with van der Waals surface area (Å²) in [4.78, 5) is 6.76. The van der Waals surface area contributed by atoms with Gasteiger partial charge in [-0.2, -0.15) is 0 Å². The van der Waals surface area contributed by atoms with Gasteiger partial charge in [-0.05, 0) is 43.9 Å². The summed E-state index contributed by atoms with van der Waals surface area (Å²) in [6.07, 6.45) is 5.85. The van der Waals surface area contributed by atoms with Crippen LogP contribution in [0, 0.1) is 18.7 Å². The summed E-state index contributed by atoms with van der Waals surface area (Å²) < 4.78 is 16.9. The fraction of sp³-hybridized carbons (Fsp3) is 0.318. The highest BCUT2D eigenvalue weighted by molar-refractivity contribution is 5.69. The molecule has 3 aromatic rings. The van der Waals surface area contributed by atoms with Gasteiger partial charge in [0.25, 0.3) is 0 Å². The maximum absolute atomic E-state index is 14.7. The molecule has 0 saturated carbocycles. The van der Waals surface area contributed by atoms with E-state index >= 15 is 0 Å². The Morgan fingerprint density at radius 2 is 1.81 bits per heavy atom. The molecule has 0 spiro atoms. The topological polar surface area (TPSA) is 21.1 Å². The van der Waals surface area contributed by atoms with Crippen molar-refractivity contribution >= 4 is 5.69 Å². The van der Waals surface area contributed by atoms with Gasteiger partial charge in [-0.1, -0.05) is 29.8 Å². The maximum atomic E-state index is 14.7. The minimum atomic E-state index is -0.0860. The van der Waals surface area contributed by atoms with Crippen molar-refractivity contribution in [3.05, 3.63) is 71.9 Å². The largest absolute Gasteiger partial charge is 0.372 e. The third-order valence-corrected chi connectivity index (χ3v) is 5.98. The van der Waals surface area contributed by atoms with Gasteiger partial charge in [0, 0.05) is 29.9 Å². The molecule has 1 unspecified atom stereocenters. The average molecular weight is 347 g/mol. The molecule has 0 amide bonds. The number of imidazole rings is 1. The smallest absolute Gasteiger partial charge is 0.129 e. The highest BCUT2D eigenvalue weighted by atomic mass is 19.1. The molecule has 2 aromatic carbocycles. The van der Waals surface area contributed by atoms with Crippen molar-refractivity contribution in [2.24, 2.45) is 5.92 Å². The highest BCUT2D eigenvalue weighted by Crippen LogP contribution is 2.46. The lowest BCUT2D eigenvalue weighted by molar-refractivity contribution is 0.312. The van der Waals surface area contributed by atoms with Gasteiger partial charge >= 0.3 is 0 Å². The summed E-state index contributed by atoms with van der Waals surface area (Å²) in [5.74, 6) is 0.347. The highest BCUT2D eigenvalue weighted by Gasteiger charge is 2.37. The van der Waals surface area contributed by atoms with Gasteiger partial charge in [0.15, 0.2) is 0 Å². The van der Waals surface area contributed by atoms with Gasteiger partial charge in [-0.25, -0.2) is 9.37 Å². The molecule has 3 nitrogen and oxygen atoms in total. The predicted molar refractivity (Wildman–Crippen MR) is 102 cm³/mol. The third kappa shape index (κ3) is 2.36. The number of rotatable bonds is 2. The normalized spacial score (nSPS) is 19.5. The van der Waals surface area contributed by atoms with Crippen LogP contribution >= 0.6 is 0 Å². The van der Waals surface area contributed by atoms with Gasteiger partial charge in [0.2, 0.25) is 0 Å². The van der Waals surface area contributed by atoms with E-state index in [9.17, 15) is 4.39 Å². The van der Waals surface area contributed by atoms with Crippen molar-refractivity contribution in [2.45, 2.75) is 25.8 Å². The van der Waals surface area contributed by atoms with Gasteiger partial charge < -0.3 is 9.47 Å². The third-order valence-electron chi connectivity index (χ3n) is 5.98. The second-order valence-electron chi connectivity index (χ2n) is 7.49. The molecule has 1 saturated heterocycles. The van der Waals surface area contributed by atoms with Crippen molar-refractivity contribution in [1.29, 1.82) is 0 Å². The van der Waals surface area contributed by atoms with Crippen molar-refractivity contribution in [2.75, 3.05) is 18.0 Å². The van der Waals surface area contributed by atoms with Crippen molar-refractivity contribution in [1.82, 2.24) is 9.55 Å². The molecule has 1 aromatic heterocycles. The Labute approximate surface area is 153 Å². The lowest BCUT2D eigenvalue weighted by Crippen LogP contribution is -2.36. The molecule has 0 N–H and O–H groups in total. The zero-order valence-electron chi connectivity index (χ0n) is 14.9. The maximum Gasteiger partial charge on any atom is 0.129 e. The Balaban J connectivity index is 1.41. The number of nitrogens with zero attached hydrogens (tertiary/aromatic N) is 3. The standard InChI is InChI=1S/C22H22FN3/c1-15-5-7-17(8-6-15)25-11-9-16(10-12-25)22-21-18(3-2-4-19(21)23)20-13-24-14-26(20)22/h2-8,13-14,16,22H,9-12H2,1H3. The predicted octanol–water partition coefficient (Wildman–Crippen LogP) is 4.82. The Kier molecular flexibility index (Phi) is 3.59.